The first-order valence-electron chi connectivity index (χ1n) is 10.3. The minimum Gasteiger partial charge on any atom is -0.396 e. The second-order valence-corrected chi connectivity index (χ2v) is 8.57. The van der Waals surface area contributed by atoms with Crippen molar-refractivity contribution in [2.45, 2.75) is 43.4 Å². The molecule has 0 aliphatic carbocycles. The number of rotatable bonds is 7. The van der Waals surface area contributed by atoms with Gasteiger partial charge in [-0.15, -0.1) is 0 Å². The minimum absolute atomic E-state index is 0.0116. The maximum atomic E-state index is 13.4. The van der Waals surface area contributed by atoms with Crippen LogP contribution in [0.5, 0.6) is 0 Å². The van der Waals surface area contributed by atoms with Crippen LogP contribution in [-0.4, -0.2) is 65.7 Å². The van der Waals surface area contributed by atoms with E-state index < -0.39 is 23.5 Å². The Morgan fingerprint density at radius 1 is 1.27 bits per heavy atom. The van der Waals surface area contributed by atoms with Crippen LogP contribution in [0.15, 0.2) is 24.3 Å². The Morgan fingerprint density at radius 2 is 2.00 bits per heavy atom. The molecule has 162 valence electrons. The summed E-state index contributed by atoms with van der Waals surface area (Å²) >= 11 is 5.93. The highest BCUT2D eigenvalue weighted by molar-refractivity contribution is 6.30. The maximum absolute atomic E-state index is 13.4. The molecule has 2 unspecified atom stereocenters. The second kappa shape index (κ2) is 8.17. The number of carbonyl (C=O) groups excluding carboxylic acids is 3. The topological polar surface area (TPSA) is 108 Å². The fourth-order valence-electron chi connectivity index (χ4n) is 5.30. The Morgan fingerprint density at radius 3 is 2.67 bits per heavy atom. The molecule has 1 spiro atoms. The van der Waals surface area contributed by atoms with Crippen LogP contribution in [0, 0.1) is 11.8 Å². The lowest BCUT2D eigenvalue weighted by atomic mass is 9.70. The lowest BCUT2D eigenvalue weighted by Crippen LogP contribution is -2.53. The van der Waals surface area contributed by atoms with Crippen LogP contribution >= 0.6 is 11.6 Å². The van der Waals surface area contributed by atoms with E-state index in [1.54, 1.807) is 36.2 Å². The number of amides is 3. The van der Waals surface area contributed by atoms with E-state index in [1.165, 1.54) is 0 Å². The molecule has 3 aliphatic heterocycles. The third-order valence-electron chi connectivity index (χ3n) is 6.52. The highest BCUT2D eigenvalue weighted by Gasteiger charge is 2.74. The van der Waals surface area contributed by atoms with Gasteiger partial charge in [0.15, 0.2) is 0 Å². The molecule has 1 aromatic carbocycles. The zero-order valence-electron chi connectivity index (χ0n) is 16.8. The fraction of sp³-hybridized carbons (Fsp3) is 0.571. The first kappa shape index (κ1) is 21.1. The molecule has 8 nitrogen and oxygen atoms in total. The van der Waals surface area contributed by atoms with E-state index in [-0.39, 0.29) is 30.4 Å². The van der Waals surface area contributed by atoms with E-state index in [0.29, 0.717) is 42.9 Å². The fourth-order valence-corrected chi connectivity index (χ4v) is 5.42. The van der Waals surface area contributed by atoms with E-state index in [9.17, 15) is 14.4 Å². The Hall–Kier alpha value is -2.16. The molecule has 0 saturated carbocycles. The highest BCUT2D eigenvalue weighted by atomic mass is 35.5. The Kier molecular flexibility index (Phi) is 5.74. The normalized spacial score (nSPS) is 31.7. The van der Waals surface area contributed by atoms with E-state index >= 15 is 0 Å². The van der Waals surface area contributed by atoms with Crippen molar-refractivity contribution < 1.29 is 24.2 Å². The summed E-state index contributed by atoms with van der Waals surface area (Å²) in [5.74, 6) is -2.06. The summed E-state index contributed by atoms with van der Waals surface area (Å²) in [4.78, 5) is 40.9. The molecular formula is C21H26ClN3O5. The zero-order chi connectivity index (χ0) is 21.5. The summed E-state index contributed by atoms with van der Waals surface area (Å²) in [6, 6.07) is 5.92. The monoisotopic (exact) mass is 435 g/mol. The number of ether oxygens (including phenoxy) is 1. The van der Waals surface area contributed by atoms with Crippen molar-refractivity contribution in [1.29, 1.82) is 0 Å². The molecule has 0 radical (unpaired) electrons. The number of unbranched alkanes of at least 4 members (excludes halogenated alkanes) is 1. The molecule has 30 heavy (non-hydrogen) atoms. The van der Waals surface area contributed by atoms with Crippen molar-refractivity contribution in [3.63, 3.8) is 0 Å². The van der Waals surface area contributed by atoms with Gasteiger partial charge in [-0.05, 0) is 49.9 Å². The number of anilines is 1. The first-order valence-corrected chi connectivity index (χ1v) is 10.7. The molecule has 2 bridgehead atoms. The number of benzene rings is 1. The zero-order valence-corrected chi connectivity index (χ0v) is 17.5. The van der Waals surface area contributed by atoms with Crippen molar-refractivity contribution in [2.75, 3.05) is 25.5 Å². The summed E-state index contributed by atoms with van der Waals surface area (Å²) in [6.45, 7) is 0.336. The summed E-state index contributed by atoms with van der Waals surface area (Å²) in [5, 5.41) is 15.2. The van der Waals surface area contributed by atoms with Crippen LogP contribution in [0.4, 0.5) is 5.69 Å². The minimum atomic E-state index is -1.01. The molecule has 3 aliphatic rings. The standard InChI is InChI=1S/C21H26ClN3O5/c1-23-18(27)15-14-8-9-21(30-14)16(15)20(29)25(10-2-3-11-26)17(21)19(28)24-13-6-4-12(22)5-7-13/h4-7,14-17,26H,2-3,8-11H2,1H3,(H,23,27)(H,24,28)/t14-,15+,16+,17?,21?/m1/s1. The van der Waals surface area contributed by atoms with Crippen LogP contribution in [0.3, 0.4) is 0 Å². The highest BCUT2D eigenvalue weighted by Crippen LogP contribution is 2.58. The van der Waals surface area contributed by atoms with Gasteiger partial charge in [0.2, 0.25) is 17.7 Å². The summed E-state index contributed by atoms with van der Waals surface area (Å²) < 4.78 is 6.26. The summed E-state index contributed by atoms with van der Waals surface area (Å²) in [5.41, 5.74) is -0.434. The lowest BCUT2D eigenvalue weighted by molar-refractivity contribution is -0.140. The molecule has 1 aromatic rings. The van der Waals surface area contributed by atoms with E-state index in [0.717, 1.165) is 0 Å². The van der Waals surface area contributed by atoms with Crippen LogP contribution in [-0.2, 0) is 19.1 Å². The number of hydrogen-bond donors (Lipinski definition) is 3. The van der Waals surface area contributed by atoms with Gasteiger partial charge < -0.3 is 25.4 Å². The van der Waals surface area contributed by atoms with Crippen molar-refractivity contribution in [3.05, 3.63) is 29.3 Å². The molecule has 9 heteroatoms. The van der Waals surface area contributed by atoms with Gasteiger partial charge >= 0.3 is 0 Å². The van der Waals surface area contributed by atoms with Gasteiger partial charge in [-0.2, -0.15) is 0 Å². The van der Waals surface area contributed by atoms with Crippen LogP contribution < -0.4 is 10.6 Å². The summed E-state index contributed by atoms with van der Waals surface area (Å²) in [7, 11) is 1.55. The van der Waals surface area contributed by atoms with Crippen LogP contribution in [0.2, 0.25) is 5.02 Å². The SMILES string of the molecule is CNC(=O)[C@@H]1[C@H]2C(=O)N(CCCCO)C(C(=O)Nc3ccc(Cl)cc3)C23CC[C@H]1O3. The number of nitrogens with one attached hydrogen (secondary N) is 2. The van der Waals surface area contributed by atoms with Crippen molar-refractivity contribution in [3.8, 4) is 0 Å². The third kappa shape index (κ3) is 3.27. The summed E-state index contributed by atoms with van der Waals surface area (Å²) in [6.07, 6.45) is 1.91. The van der Waals surface area contributed by atoms with E-state index in [4.69, 9.17) is 21.4 Å². The smallest absolute Gasteiger partial charge is 0.250 e. The van der Waals surface area contributed by atoms with Gasteiger partial charge in [-0.3, -0.25) is 14.4 Å². The number of carbonyl (C=O) groups is 3. The maximum Gasteiger partial charge on any atom is 0.250 e. The lowest BCUT2D eigenvalue weighted by Gasteiger charge is -2.33. The average Bonchev–Trinajstić information content (AvgIpc) is 3.37. The first-order chi connectivity index (χ1) is 14.4. The molecule has 3 N–H and O–H groups in total. The van der Waals surface area contributed by atoms with Crippen molar-refractivity contribution in [1.82, 2.24) is 10.2 Å². The molecule has 3 saturated heterocycles. The number of fused-ring (bicyclic) bond motifs is 1. The molecule has 3 amide bonds. The average molecular weight is 436 g/mol. The predicted molar refractivity (Wildman–Crippen MR) is 110 cm³/mol. The number of aliphatic hydroxyl groups is 1. The molecule has 3 fully saturated rings. The van der Waals surface area contributed by atoms with Crippen LogP contribution in [0.25, 0.3) is 0 Å². The number of nitrogens with zero attached hydrogens (tertiary/aromatic N) is 1. The molecule has 5 atom stereocenters. The van der Waals surface area contributed by atoms with E-state index in [1.807, 2.05) is 0 Å². The van der Waals surface area contributed by atoms with Gasteiger partial charge in [0, 0.05) is 30.9 Å². The predicted octanol–water partition coefficient (Wildman–Crippen LogP) is 1.17. The second-order valence-electron chi connectivity index (χ2n) is 8.13. The molecule has 3 heterocycles. The third-order valence-corrected chi connectivity index (χ3v) is 6.77. The Balaban J connectivity index is 1.66. The quantitative estimate of drug-likeness (QED) is 0.557. The van der Waals surface area contributed by atoms with Gasteiger partial charge in [-0.25, -0.2) is 0 Å². The number of aliphatic hydroxyl groups excluding tert-OH is 1. The number of halogens is 1. The van der Waals surface area contributed by atoms with Gasteiger partial charge in [0.1, 0.15) is 11.6 Å². The van der Waals surface area contributed by atoms with Gasteiger partial charge in [0.25, 0.3) is 0 Å². The van der Waals surface area contributed by atoms with Crippen LogP contribution in [0.1, 0.15) is 25.7 Å². The van der Waals surface area contributed by atoms with Gasteiger partial charge in [0.05, 0.1) is 17.9 Å². The largest absolute Gasteiger partial charge is 0.396 e. The molecule has 4 rings (SSSR count). The number of likely N-dealkylation sites (tertiary alicyclic amines) is 1. The number of hydrogen-bond acceptors (Lipinski definition) is 5. The molecular weight excluding hydrogens is 410 g/mol. The van der Waals surface area contributed by atoms with Crippen molar-refractivity contribution >= 4 is 35.0 Å². The Labute approximate surface area is 179 Å². The van der Waals surface area contributed by atoms with E-state index in [2.05, 4.69) is 10.6 Å². The van der Waals surface area contributed by atoms with Crippen molar-refractivity contribution in [2.24, 2.45) is 11.8 Å². The van der Waals surface area contributed by atoms with Gasteiger partial charge in [-0.1, -0.05) is 11.6 Å². The Bertz CT molecular complexity index is 848. The molecule has 0 aromatic heterocycles.